The first-order valence-electron chi connectivity index (χ1n) is 9.90. The number of amides is 1. The molecule has 0 atom stereocenters. The molecule has 0 saturated carbocycles. The van der Waals surface area contributed by atoms with Crippen LogP contribution in [0, 0.1) is 5.82 Å². The van der Waals surface area contributed by atoms with Crippen LogP contribution in [0.25, 0.3) is 11.3 Å². The zero-order chi connectivity index (χ0) is 20.2. The highest BCUT2D eigenvalue weighted by atomic mass is 19.1. The third-order valence-corrected chi connectivity index (χ3v) is 5.26. The van der Waals surface area contributed by atoms with Gasteiger partial charge in [-0.2, -0.15) is 5.10 Å². The number of aromatic nitrogens is 3. The van der Waals surface area contributed by atoms with Crippen molar-refractivity contribution in [1.29, 1.82) is 0 Å². The second-order valence-electron chi connectivity index (χ2n) is 7.09. The van der Waals surface area contributed by atoms with Gasteiger partial charge < -0.3 is 9.80 Å². The Labute approximate surface area is 169 Å². The molecule has 1 amide bonds. The third kappa shape index (κ3) is 4.29. The Morgan fingerprint density at radius 2 is 1.83 bits per heavy atom. The molecule has 1 aromatic carbocycles. The van der Waals surface area contributed by atoms with Crippen molar-refractivity contribution in [2.24, 2.45) is 0 Å². The van der Waals surface area contributed by atoms with E-state index in [0.717, 1.165) is 42.3 Å². The Hall–Kier alpha value is -3.22. The normalized spacial score (nSPS) is 14.3. The van der Waals surface area contributed by atoms with Crippen molar-refractivity contribution in [3.63, 3.8) is 0 Å². The number of piperazine rings is 1. The Morgan fingerprint density at radius 3 is 2.48 bits per heavy atom. The lowest BCUT2D eigenvalue weighted by molar-refractivity contribution is -0.132. The molecule has 0 unspecified atom stereocenters. The first kappa shape index (κ1) is 19.1. The second-order valence-corrected chi connectivity index (χ2v) is 7.09. The van der Waals surface area contributed by atoms with Gasteiger partial charge in [0.15, 0.2) is 0 Å². The minimum Gasteiger partial charge on any atom is -0.353 e. The monoisotopic (exact) mass is 393 g/mol. The molecule has 7 heteroatoms. The van der Waals surface area contributed by atoms with Crippen LogP contribution < -0.4 is 4.90 Å². The number of hydrogen-bond acceptors (Lipinski definition) is 4. The minimum absolute atomic E-state index is 0.0640. The van der Waals surface area contributed by atoms with E-state index >= 15 is 0 Å². The van der Waals surface area contributed by atoms with Crippen LogP contribution in [-0.4, -0.2) is 51.8 Å². The quantitative estimate of drug-likeness (QED) is 0.669. The molecule has 1 saturated heterocycles. The lowest BCUT2D eigenvalue weighted by atomic mass is 10.1. The van der Waals surface area contributed by atoms with Gasteiger partial charge in [0.05, 0.1) is 5.69 Å². The van der Waals surface area contributed by atoms with Gasteiger partial charge in [-0.05, 0) is 48.9 Å². The Balaban J connectivity index is 1.41. The molecular formula is C22H24FN5O. The highest BCUT2D eigenvalue weighted by molar-refractivity contribution is 5.76. The predicted octanol–water partition coefficient (Wildman–Crippen LogP) is 3.00. The number of carbonyl (C=O) groups is 1. The number of pyridine rings is 1. The molecule has 29 heavy (non-hydrogen) atoms. The molecule has 0 N–H and O–H groups in total. The number of halogens is 1. The van der Waals surface area contributed by atoms with Crippen LogP contribution in [-0.2, 0) is 17.8 Å². The van der Waals surface area contributed by atoms with Gasteiger partial charge in [-0.25, -0.2) is 9.37 Å². The van der Waals surface area contributed by atoms with Gasteiger partial charge in [-0.3, -0.25) is 9.48 Å². The number of anilines is 1. The fourth-order valence-electron chi connectivity index (χ4n) is 3.59. The molecule has 150 valence electrons. The summed E-state index contributed by atoms with van der Waals surface area (Å²) in [4.78, 5) is 21.3. The molecule has 3 aromatic rings. The molecule has 4 rings (SSSR count). The predicted molar refractivity (Wildman–Crippen MR) is 110 cm³/mol. The minimum atomic E-state index is -0.274. The maximum absolute atomic E-state index is 13.2. The Bertz CT molecular complexity index is 963. The van der Waals surface area contributed by atoms with E-state index in [1.54, 1.807) is 23.0 Å². The summed E-state index contributed by atoms with van der Waals surface area (Å²) in [5.74, 6) is 0.738. The third-order valence-electron chi connectivity index (χ3n) is 5.26. The summed E-state index contributed by atoms with van der Waals surface area (Å²) in [6.45, 7) is 5.13. The van der Waals surface area contributed by atoms with Gasteiger partial charge in [-0.15, -0.1) is 0 Å². The number of nitrogens with zero attached hydrogens (tertiary/aromatic N) is 5. The Kier molecular flexibility index (Phi) is 5.55. The zero-order valence-corrected chi connectivity index (χ0v) is 16.5. The van der Waals surface area contributed by atoms with Crippen LogP contribution in [0.15, 0.2) is 54.7 Å². The van der Waals surface area contributed by atoms with Crippen molar-refractivity contribution in [3.8, 4) is 11.3 Å². The molecule has 0 spiro atoms. The number of aryl methyl sites for hydroxylation is 1. The molecule has 0 bridgehead atoms. The summed E-state index contributed by atoms with van der Waals surface area (Å²) >= 11 is 0. The van der Waals surface area contributed by atoms with E-state index in [2.05, 4.69) is 15.0 Å². The van der Waals surface area contributed by atoms with E-state index in [9.17, 15) is 9.18 Å². The van der Waals surface area contributed by atoms with E-state index in [-0.39, 0.29) is 18.3 Å². The average Bonchev–Trinajstić information content (AvgIpc) is 3.17. The highest BCUT2D eigenvalue weighted by Gasteiger charge is 2.23. The van der Waals surface area contributed by atoms with E-state index in [4.69, 9.17) is 0 Å². The number of carbonyl (C=O) groups excluding carboxylic acids is 1. The van der Waals surface area contributed by atoms with Gasteiger partial charge in [0, 0.05) is 43.6 Å². The van der Waals surface area contributed by atoms with Crippen LogP contribution in [0.3, 0.4) is 0 Å². The van der Waals surface area contributed by atoms with Crippen LogP contribution in [0.4, 0.5) is 10.2 Å². The number of hydrogen-bond donors (Lipinski definition) is 0. The maximum Gasteiger partial charge on any atom is 0.244 e. The van der Waals surface area contributed by atoms with E-state index in [0.29, 0.717) is 13.1 Å². The largest absolute Gasteiger partial charge is 0.353 e. The summed E-state index contributed by atoms with van der Waals surface area (Å²) < 4.78 is 15.0. The van der Waals surface area contributed by atoms with Crippen molar-refractivity contribution in [3.05, 3.63) is 66.2 Å². The van der Waals surface area contributed by atoms with Gasteiger partial charge in [0.2, 0.25) is 5.91 Å². The SMILES string of the molecule is CCc1cc(-c2ccc(F)cc2)nn1CC(=O)N1CCN(c2ccccn2)CC1. The molecule has 1 aliphatic heterocycles. The molecule has 3 heterocycles. The first-order valence-corrected chi connectivity index (χ1v) is 9.90. The van der Waals surface area contributed by atoms with Crippen LogP contribution in [0.2, 0.25) is 0 Å². The smallest absolute Gasteiger partial charge is 0.244 e. The molecule has 0 aliphatic carbocycles. The summed E-state index contributed by atoms with van der Waals surface area (Å²) in [6.07, 6.45) is 2.56. The molecular weight excluding hydrogens is 369 g/mol. The molecule has 0 radical (unpaired) electrons. The summed E-state index contributed by atoms with van der Waals surface area (Å²) in [5, 5.41) is 4.60. The van der Waals surface area contributed by atoms with Gasteiger partial charge in [-0.1, -0.05) is 13.0 Å². The second kappa shape index (κ2) is 8.43. The molecule has 6 nitrogen and oxygen atoms in total. The van der Waals surface area contributed by atoms with Gasteiger partial charge in [0.25, 0.3) is 0 Å². The Morgan fingerprint density at radius 1 is 1.07 bits per heavy atom. The first-order chi connectivity index (χ1) is 14.1. The summed E-state index contributed by atoms with van der Waals surface area (Å²) in [6, 6.07) is 14.1. The molecule has 1 fully saturated rings. The van der Waals surface area contributed by atoms with E-state index < -0.39 is 0 Å². The molecule has 1 aliphatic rings. The van der Waals surface area contributed by atoms with E-state index in [1.165, 1.54) is 12.1 Å². The summed E-state index contributed by atoms with van der Waals surface area (Å²) in [7, 11) is 0. The highest BCUT2D eigenvalue weighted by Crippen LogP contribution is 2.20. The lowest BCUT2D eigenvalue weighted by Gasteiger charge is -2.35. The fourth-order valence-corrected chi connectivity index (χ4v) is 3.59. The topological polar surface area (TPSA) is 54.3 Å². The van der Waals surface area contributed by atoms with Gasteiger partial charge >= 0.3 is 0 Å². The zero-order valence-electron chi connectivity index (χ0n) is 16.5. The lowest BCUT2D eigenvalue weighted by Crippen LogP contribution is -2.50. The fraction of sp³-hybridized carbons (Fsp3) is 0.318. The maximum atomic E-state index is 13.2. The van der Waals surface area contributed by atoms with Crippen molar-refractivity contribution < 1.29 is 9.18 Å². The van der Waals surface area contributed by atoms with Crippen molar-refractivity contribution >= 4 is 11.7 Å². The number of benzene rings is 1. The van der Waals surface area contributed by atoms with Crippen molar-refractivity contribution in [2.45, 2.75) is 19.9 Å². The van der Waals surface area contributed by atoms with Crippen molar-refractivity contribution in [1.82, 2.24) is 19.7 Å². The number of rotatable bonds is 5. The van der Waals surface area contributed by atoms with Crippen LogP contribution in [0.1, 0.15) is 12.6 Å². The standard InChI is InChI=1S/C22H24FN5O/c1-2-19-15-20(17-6-8-18(23)9-7-17)25-28(19)16-22(29)27-13-11-26(12-14-27)21-5-3-4-10-24-21/h3-10,15H,2,11-14,16H2,1H3. The summed E-state index contributed by atoms with van der Waals surface area (Å²) in [5.41, 5.74) is 2.59. The van der Waals surface area contributed by atoms with Crippen LogP contribution in [0.5, 0.6) is 0 Å². The molecule has 2 aromatic heterocycles. The van der Waals surface area contributed by atoms with Crippen molar-refractivity contribution in [2.75, 3.05) is 31.1 Å². The van der Waals surface area contributed by atoms with Crippen LogP contribution >= 0.6 is 0 Å². The van der Waals surface area contributed by atoms with E-state index in [1.807, 2.05) is 36.1 Å². The van der Waals surface area contributed by atoms with Gasteiger partial charge in [0.1, 0.15) is 18.2 Å². The average molecular weight is 393 g/mol.